The number of thiazole rings is 1. The van der Waals surface area contributed by atoms with Gasteiger partial charge in [-0.25, -0.2) is 0 Å². The number of amides is 1. The fourth-order valence-corrected chi connectivity index (χ4v) is 2.71. The molecule has 1 aromatic rings. The zero-order chi connectivity index (χ0) is 16.0. The molecule has 2 N–H and O–H groups in total. The maximum Gasteiger partial charge on any atom is 0.307 e. The third-order valence-corrected chi connectivity index (χ3v) is 4.35. The van der Waals surface area contributed by atoms with Crippen LogP contribution in [0, 0.1) is 12.8 Å². The maximum absolute atomic E-state index is 11.8. The summed E-state index contributed by atoms with van der Waals surface area (Å²) in [5.41, 5.74) is -0.00329. The second-order valence-corrected chi connectivity index (χ2v) is 7.07. The minimum absolute atomic E-state index is 0.0378. The van der Waals surface area contributed by atoms with E-state index >= 15 is 0 Å². The van der Waals surface area contributed by atoms with Gasteiger partial charge in [-0.2, -0.15) is 0 Å². The lowest BCUT2D eigenvalue weighted by Crippen LogP contribution is -2.41. The molecule has 0 bridgehead atoms. The van der Waals surface area contributed by atoms with E-state index in [-0.39, 0.29) is 23.7 Å². The van der Waals surface area contributed by atoms with Crippen LogP contribution in [0.15, 0.2) is 10.2 Å². The minimum atomic E-state index is -0.880. The average Bonchev–Trinajstić information content (AvgIpc) is 2.71. The van der Waals surface area contributed by atoms with Gasteiger partial charge in [-0.3, -0.25) is 9.59 Å². The Morgan fingerprint density at radius 3 is 2.71 bits per heavy atom. The van der Waals surface area contributed by atoms with Crippen LogP contribution in [0.5, 0.6) is 0 Å². The van der Waals surface area contributed by atoms with Gasteiger partial charge in [-0.1, -0.05) is 25.2 Å². The van der Waals surface area contributed by atoms with Gasteiger partial charge in [-0.05, 0) is 32.6 Å². The number of carbonyl (C=O) groups excluding carboxylic acids is 1. The van der Waals surface area contributed by atoms with Crippen molar-refractivity contribution < 1.29 is 9.90 Å². The molecule has 0 aromatic carbocycles. The van der Waals surface area contributed by atoms with E-state index in [0.29, 0.717) is 18.9 Å². The maximum atomic E-state index is 11.8. The van der Waals surface area contributed by atoms with Gasteiger partial charge in [0.05, 0.1) is 5.60 Å². The molecule has 0 fully saturated rings. The normalized spacial score (nSPS) is 14.2. The topological polar surface area (TPSA) is 71.3 Å². The summed E-state index contributed by atoms with van der Waals surface area (Å²) in [4.78, 5) is 23.3. The van der Waals surface area contributed by atoms with Crippen molar-refractivity contribution >= 4 is 17.2 Å². The first-order valence-electron chi connectivity index (χ1n) is 7.35. The van der Waals surface area contributed by atoms with E-state index in [4.69, 9.17) is 0 Å². The SMILES string of the molecule is Cc1csc(=O)n1CCC(=O)NCC(C)(O)CCC(C)C. The standard InChI is InChI=1S/C15H26N2O3S/c1-11(2)5-7-15(4,20)10-16-13(18)6-8-17-12(3)9-21-14(17)19/h9,11,20H,5-8,10H2,1-4H3,(H,16,18). The molecule has 1 heterocycles. The van der Waals surface area contributed by atoms with Gasteiger partial charge >= 0.3 is 4.87 Å². The van der Waals surface area contributed by atoms with Crippen LogP contribution >= 0.6 is 11.3 Å². The Morgan fingerprint density at radius 1 is 1.52 bits per heavy atom. The molecule has 1 unspecified atom stereocenters. The molecular formula is C15H26N2O3S. The Hall–Kier alpha value is -1.14. The van der Waals surface area contributed by atoms with E-state index in [9.17, 15) is 14.7 Å². The van der Waals surface area contributed by atoms with E-state index in [0.717, 1.165) is 23.5 Å². The molecule has 0 aliphatic heterocycles. The third-order valence-electron chi connectivity index (χ3n) is 3.47. The summed E-state index contributed by atoms with van der Waals surface area (Å²) in [6, 6.07) is 0. The Labute approximate surface area is 130 Å². The van der Waals surface area contributed by atoms with Crippen molar-refractivity contribution in [2.75, 3.05) is 6.54 Å². The molecule has 1 rings (SSSR count). The summed E-state index contributed by atoms with van der Waals surface area (Å²) in [7, 11) is 0. The number of aromatic nitrogens is 1. The van der Waals surface area contributed by atoms with E-state index in [2.05, 4.69) is 19.2 Å². The fourth-order valence-electron chi connectivity index (χ4n) is 1.95. The summed E-state index contributed by atoms with van der Waals surface area (Å²) in [6.45, 7) is 8.44. The molecule has 0 aliphatic carbocycles. The van der Waals surface area contributed by atoms with Gasteiger partial charge in [0.2, 0.25) is 5.91 Å². The van der Waals surface area contributed by atoms with Crippen molar-refractivity contribution in [1.29, 1.82) is 0 Å². The predicted octanol–water partition coefficient (Wildman–Crippen LogP) is 1.91. The van der Waals surface area contributed by atoms with E-state index in [1.54, 1.807) is 16.9 Å². The average molecular weight is 314 g/mol. The smallest absolute Gasteiger partial charge is 0.307 e. The number of nitrogens with zero attached hydrogens (tertiary/aromatic N) is 1. The van der Waals surface area contributed by atoms with Crippen molar-refractivity contribution in [3.63, 3.8) is 0 Å². The van der Waals surface area contributed by atoms with E-state index < -0.39 is 5.60 Å². The zero-order valence-electron chi connectivity index (χ0n) is 13.3. The van der Waals surface area contributed by atoms with Crippen molar-refractivity contribution in [3.8, 4) is 0 Å². The van der Waals surface area contributed by atoms with E-state index in [1.807, 2.05) is 6.92 Å². The fraction of sp³-hybridized carbons (Fsp3) is 0.733. The second-order valence-electron chi connectivity index (χ2n) is 6.25. The molecule has 0 aliphatic rings. The Kier molecular flexibility index (Phi) is 6.61. The first kappa shape index (κ1) is 17.9. The molecule has 120 valence electrons. The van der Waals surface area contributed by atoms with Crippen LogP contribution in [-0.4, -0.2) is 27.7 Å². The predicted molar refractivity (Wildman–Crippen MR) is 85.6 cm³/mol. The minimum Gasteiger partial charge on any atom is -0.388 e. The van der Waals surface area contributed by atoms with E-state index in [1.165, 1.54) is 0 Å². The van der Waals surface area contributed by atoms with Crippen molar-refractivity contribution in [3.05, 3.63) is 20.7 Å². The summed E-state index contributed by atoms with van der Waals surface area (Å²) < 4.78 is 1.60. The number of nitrogens with one attached hydrogen (secondary N) is 1. The number of rotatable bonds is 8. The van der Waals surface area contributed by atoms with Crippen LogP contribution in [0.2, 0.25) is 0 Å². The molecule has 0 saturated heterocycles. The van der Waals surface area contributed by atoms with Gasteiger partial charge in [0.25, 0.3) is 0 Å². The first-order chi connectivity index (χ1) is 9.71. The highest BCUT2D eigenvalue weighted by atomic mass is 32.1. The van der Waals surface area contributed by atoms with Crippen LogP contribution in [0.1, 0.15) is 45.7 Å². The molecule has 6 heteroatoms. The highest BCUT2D eigenvalue weighted by molar-refractivity contribution is 7.07. The third kappa shape index (κ3) is 6.44. The molecule has 1 aromatic heterocycles. The molecule has 5 nitrogen and oxygen atoms in total. The molecule has 1 amide bonds. The van der Waals surface area contributed by atoms with Crippen LogP contribution in [0.3, 0.4) is 0 Å². The lowest BCUT2D eigenvalue weighted by Gasteiger charge is -2.24. The number of hydrogen-bond acceptors (Lipinski definition) is 4. The molecule has 21 heavy (non-hydrogen) atoms. The Balaban J connectivity index is 2.36. The van der Waals surface area contributed by atoms with Crippen molar-refractivity contribution in [2.24, 2.45) is 5.92 Å². The summed E-state index contributed by atoms with van der Waals surface area (Å²) in [5, 5.41) is 14.7. The van der Waals surface area contributed by atoms with Gasteiger partial charge < -0.3 is 15.0 Å². The Morgan fingerprint density at radius 2 is 2.19 bits per heavy atom. The monoisotopic (exact) mass is 314 g/mol. The Bertz CT molecular complexity index is 517. The number of aryl methyl sites for hydroxylation is 1. The first-order valence-corrected chi connectivity index (χ1v) is 8.23. The van der Waals surface area contributed by atoms with Crippen molar-refractivity contribution in [1.82, 2.24) is 9.88 Å². The largest absolute Gasteiger partial charge is 0.388 e. The summed E-state index contributed by atoms with van der Waals surface area (Å²) in [5.74, 6) is 0.387. The highest BCUT2D eigenvalue weighted by Crippen LogP contribution is 2.15. The summed E-state index contributed by atoms with van der Waals surface area (Å²) in [6.07, 6.45) is 1.83. The lowest BCUT2D eigenvalue weighted by atomic mass is 9.95. The van der Waals surface area contributed by atoms with Crippen LogP contribution in [-0.2, 0) is 11.3 Å². The highest BCUT2D eigenvalue weighted by Gasteiger charge is 2.21. The lowest BCUT2D eigenvalue weighted by molar-refractivity contribution is -0.122. The van der Waals surface area contributed by atoms with Gasteiger partial charge in [-0.15, -0.1) is 0 Å². The molecule has 1 atom stereocenters. The number of carbonyl (C=O) groups is 1. The number of hydrogen-bond donors (Lipinski definition) is 2. The van der Waals surface area contributed by atoms with Crippen molar-refractivity contribution in [2.45, 2.75) is 59.1 Å². The molecular weight excluding hydrogens is 288 g/mol. The quantitative estimate of drug-likeness (QED) is 0.770. The number of aliphatic hydroxyl groups is 1. The summed E-state index contributed by atoms with van der Waals surface area (Å²) >= 11 is 1.15. The van der Waals surface area contributed by atoms with Crippen LogP contribution in [0.4, 0.5) is 0 Å². The molecule has 0 radical (unpaired) electrons. The van der Waals surface area contributed by atoms with Crippen LogP contribution < -0.4 is 10.2 Å². The van der Waals surface area contributed by atoms with Gasteiger partial charge in [0.15, 0.2) is 0 Å². The zero-order valence-corrected chi connectivity index (χ0v) is 14.1. The van der Waals surface area contributed by atoms with Crippen LogP contribution in [0.25, 0.3) is 0 Å². The second kappa shape index (κ2) is 7.75. The molecule has 0 saturated carbocycles. The molecule has 0 spiro atoms. The van der Waals surface area contributed by atoms with Gasteiger partial charge in [0.1, 0.15) is 0 Å². The van der Waals surface area contributed by atoms with Gasteiger partial charge in [0, 0.05) is 30.6 Å².